The number of nitrogens with one attached hydrogen (secondary N) is 2. The molecule has 3 heterocycles. The van der Waals surface area contributed by atoms with Gasteiger partial charge in [0, 0.05) is 49.9 Å². The Morgan fingerprint density at radius 1 is 1.14 bits per heavy atom. The van der Waals surface area contributed by atoms with Gasteiger partial charge in [-0.15, -0.1) is 0 Å². The predicted octanol–water partition coefficient (Wildman–Crippen LogP) is 5.10. The van der Waals surface area contributed by atoms with Crippen molar-refractivity contribution in [2.75, 3.05) is 35.8 Å². The van der Waals surface area contributed by atoms with E-state index < -0.39 is 12.7 Å². The summed E-state index contributed by atoms with van der Waals surface area (Å²) in [6.45, 7) is 0.266. The fourth-order valence-corrected chi connectivity index (χ4v) is 4.51. The number of carbonyl (C=O) groups excluding carboxylic acids is 1. The molecule has 0 radical (unpaired) electrons. The first-order valence-electron chi connectivity index (χ1n) is 11.2. The Labute approximate surface area is 201 Å². The van der Waals surface area contributed by atoms with E-state index in [2.05, 4.69) is 26.6 Å². The summed E-state index contributed by atoms with van der Waals surface area (Å²) in [5.74, 6) is -0.331. The zero-order valence-electron chi connectivity index (χ0n) is 19.1. The van der Waals surface area contributed by atoms with Crippen molar-refractivity contribution in [3.05, 3.63) is 77.6 Å². The second-order valence-electron chi connectivity index (χ2n) is 8.79. The number of rotatable bonds is 5. The number of aromatic nitrogens is 1. The van der Waals surface area contributed by atoms with Gasteiger partial charge in [0.2, 0.25) is 5.91 Å². The quantitative estimate of drug-likeness (QED) is 0.499. The number of halogens is 3. The molecule has 0 fully saturated rings. The summed E-state index contributed by atoms with van der Waals surface area (Å²) in [7, 11) is 2.02. The van der Waals surface area contributed by atoms with Crippen molar-refractivity contribution in [2.24, 2.45) is 0 Å². The molecule has 5 rings (SSSR count). The van der Waals surface area contributed by atoms with Crippen LogP contribution >= 0.6 is 0 Å². The van der Waals surface area contributed by atoms with Gasteiger partial charge in [0.05, 0.1) is 24.6 Å². The molecule has 3 aromatic rings. The van der Waals surface area contributed by atoms with E-state index in [1.165, 1.54) is 11.0 Å². The van der Waals surface area contributed by atoms with E-state index in [0.29, 0.717) is 5.69 Å². The highest BCUT2D eigenvalue weighted by Gasteiger charge is 2.33. The average molecular weight is 480 g/mol. The standard InChI is InChI=1S/C26H24F3N5O/c1-33-16-31-23-6-3-17(11-24(23)33)22-8-9-30-12-18(22)4-7-25(35)32-21-5-2-19-13-34(14-20(19)10-21)15-26(27,28)29/h2-12,31H,13-16H2,1H3,(H,32,35)/b7-4+. The Kier molecular flexibility index (Phi) is 5.94. The number of hydrogen-bond donors (Lipinski definition) is 2. The third-order valence-electron chi connectivity index (χ3n) is 6.16. The monoisotopic (exact) mass is 479 g/mol. The smallest absolute Gasteiger partial charge is 0.366 e. The fourth-order valence-electron chi connectivity index (χ4n) is 4.51. The first kappa shape index (κ1) is 22.9. The first-order chi connectivity index (χ1) is 16.7. The number of carbonyl (C=O) groups is 1. The number of amides is 1. The van der Waals surface area contributed by atoms with Crippen LogP contribution < -0.4 is 15.5 Å². The molecule has 2 N–H and O–H groups in total. The van der Waals surface area contributed by atoms with Crippen molar-refractivity contribution in [3.63, 3.8) is 0 Å². The van der Waals surface area contributed by atoms with Crippen LogP contribution in [-0.2, 0) is 17.9 Å². The minimum absolute atomic E-state index is 0.207. The van der Waals surface area contributed by atoms with Gasteiger partial charge in [0.15, 0.2) is 0 Å². The second kappa shape index (κ2) is 9.07. The minimum Gasteiger partial charge on any atom is -0.366 e. The molecule has 1 aromatic heterocycles. The molecule has 0 saturated heterocycles. The highest BCUT2D eigenvalue weighted by atomic mass is 19.4. The number of alkyl halides is 3. The van der Waals surface area contributed by atoms with E-state index in [4.69, 9.17) is 0 Å². The molecule has 0 atom stereocenters. The van der Waals surface area contributed by atoms with Crippen LogP contribution in [0.5, 0.6) is 0 Å². The number of fused-ring (bicyclic) bond motifs is 2. The molecule has 2 aliphatic rings. The third-order valence-corrected chi connectivity index (χ3v) is 6.16. The highest BCUT2D eigenvalue weighted by molar-refractivity contribution is 6.02. The molecule has 180 valence electrons. The van der Waals surface area contributed by atoms with Gasteiger partial charge >= 0.3 is 6.18 Å². The summed E-state index contributed by atoms with van der Waals surface area (Å²) >= 11 is 0. The van der Waals surface area contributed by atoms with Gasteiger partial charge in [-0.3, -0.25) is 14.7 Å². The summed E-state index contributed by atoms with van der Waals surface area (Å²) in [4.78, 5) is 20.3. The maximum Gasteiger partial charge on any atom is 0.401 e. The maximum absolute atomic E-state index is 12.7. The van der Waals surface area contributed by atoms with Crippen LogP contribution in [0, 0.1) is 0 Å². The van der Waals surface area contributed by atoms with Crippen molar-refractivity contribution in [1.29, 1.82) is 0 Å². The Morgan fingerprint density at radius 3 is 2.80 bits per heavy atom. The lowest BCUT2D eigenvalue weighted by molar-refractivity contribution is -0.147. The second-order valence-corrected chi connectivity index (χ2v) is 8.79. The van der Waals surface area contributed by atoms with Gasteiger partial charge in [-0.1, -0.05) is 12.1 Å². The number of nitrogens with zero attached hydrogens (tertiary/aromatic N) is 3. The van der Waals surface area contributed by atoms with Gasteiger partial charge in [-0.25, -0.2) is 0 Å². The maximum atomic E-state index is 12.7. The van der Waals surface area contributed by atoms with Gasteiger partial charge in [0.1, 0.15) is 0 Å². The van der Waals surface area contributed by atoms with E-state index >= 15 is 0 Å². The Bertz CT molecular complexity index is 1300. The highest BCUT2D eigenvalue weighted by Crippen LogP contribution is 2.35. The molecule has 2 aromatic carbocycles. The van der Waals surface area contributed by atoms with Crippen LogP contribution in [0.15, 0.2) is 60.9 Å². The lowest BCUT2D eigenvalue weighted by Gasteiger charge is -2.16. The van der Waals surface area contributed by atoms with Crippen LogP contribution in [0.4, 0.5) is 30.2 Å². The zero-order valence-corrected chi connectivity index (χ0v) is 19.1. The predicted molar refractivity (Wildman–Crippen MR) is 131 cm³/mol. The van der Waals surface area contributed by atoms with Gasteiger partial charge in [-0.2, -0.15) is 13.2 Å². The van der Waals surface area contributed by atoms with Crippen LogP contribution in [0.2, 0.25) is 0 Å². The molecule has 0 spiro atoms. The number of hydrogen-bond acceptors (Lipinski definition) is 5. The van der Waals surface area contributed by atoms with Crippen LogP contribution in [0.1, 0.15) is 16.7 Å². The van der Waals surface area contributed by atoms with Crippen molar-refractivity contribution in [1.82, 2.24) is 9.88 Å². The molecule has 2 aliphatic heterocycles. The fraction of sp³-hybridized carbons (Fsp3) is 0.231. The summed E-state index contributed by atoms with van der Waals surface area (Å²) in [5.41, 5.74) is 7.15. The molecule has 35 heavy (non-hydrogen) atoms. The third kappa shape index (κ3) is 5.14. The van der Waals surface area contributed by atoms with Gasteiger partial charge in [0.25, 0.3) is 0 Å². The largest absolute Gasteiger partial charge is 0.401 e. The van der Waals surface area contributed by atoms with Crippen molar-refractivity contribution < 1.29 is 18.0 Å². The van der Waals surface area contributed by atoms with E-state index in [1.807, 2.05) is 25.2 Å². The van der Waals surface area contributed by atoms with Crippen LogP contribution in [0.3, 0.4) is 0 Å². The topological polar surface area (TPSA) is 60.5 Å². The number of anilines is 3. The molecule has 0 bridgehead atoms. The summed E-state index contributed by atoms with van der Waals surface area (Å²) in [6, 6.07) is 13.3. The first-order valence-corrected chi connectivity index (χ1v) is 11.2. The van der Waals surface area contributed by atoms with Gasteiger partial charge in [-0.05, 0) is 58.7 Å². The van der Waals surface area contributed by atoms with Crippen molar-refractivity contribution >= 4 is 29.0 Å². The van der Waals surface area contributed by atoms with E-state index in [0.717, 1.165) is 45.9 Å². The van der Waals surface area contributed by atoms with E-state index in [-0.39, 0.29) is 19.0 Å². The van der Waals surface area contributed by atoms with E-state index in [1.54, 1.807) is 36.7 Å². The molecular weight excluding hydrogens is 455 g/mol. The normalized spacial score (nSPS) is 15.3. The Morgan fingerprint density at radius 2 is 1.97 bits per heavy atom. The molecule has 0 unspecified atom stereocenters. The molecule has 6 nitrogen and oxygen atoms in total. The summed E-state index contributed by atoms with van der Waals surface area (Å²) in [5, 5.41) is 6.13. The average Bonchev–Trinajstić information content (AvgIpc) is 3.38. The molecular formula is C26H24F3N5O. The molecule has 0 saturated carbocycles. The zero-order chi connectivity index (χ0) is 24.6. The minimum atomic E-state index is -4.23. The summed E-state index contributed by atoms with van der Waals surface area (Å²) < 4.78 is 38.1. The molecule has 0 aliphatic carbocycles. The lowest BCUT2D eigenvalue weighted by atomic mass is 10.0. The lowest BCUT2D eigenvalue weighted by Crippen LogP contribution is -2.29. The molecule has 1 amide bonds. The SMILES string of the molecule is CN1CNc2ccc(-c3ccncc3/C=C/C(=O)Nc3ccc4c(c3)CN(CC(F)(F)F)C4)cc21. The molecule has 9 heteroatoms. The summed E-state index contributed by atoms with van der Waals surface area (Å²) in [6.07, 6.45) is 2.34. The Balaban J connectivity index is 1.28. The Hall–Kier alpha value is -3.85. The number of benzene rings is 2. The van der Waals surface area contributed by atoms with E-state index in [9.17, 15) is 18.0 Å². The van der Waals surface area contributed by atoms with Crippen molar-refractivity contribution in [2.45, 2.75) is 19.3 Å². The van der Waals surface area contributed by atoms with Crippen LogP contribution in [-0.4, -0.2) is 42.2 Å². The van der Waals surface area contributed by atoms with Crippen molar-refractivity contribution in [3.8, 4) is 11.1 Å². The van der Waals surface area contributed by atoms with Gasteiger partial charge < -0.3 is 15.5 Å². The number of pyridine rings is 1. The van der Waals surface area contributed by atoms with Crippen LogP contribution in [0.25, 0.3) is 17.2 Å².